The first-order valence-corrected chi connectivity index (χ1v) is 9.20. The van der Waals surface area contributed by atoms with Crippen molar-refractivity contribution in [2.45, 2.75) is 45.2 Å². The number of benzene rings is 2. The number of halogens is 3. The van der Waals surface area contributed by atoms with Gasteiger partial charge in [0.05, 0.1) is 11.6 Å². The maximum Gasteiger partial charge on any atom is 0.573 e. The van der Waals surface area contributed by atoms with E-state index in [-0.39, 0.29) is 17.7 Å². The molecule has 0 aliphatic carbocycles. The highest BCUT2D eigenvalue weighted by atomic mass is 19.4. The van der Waals surface area contributed by atoms with Gasteiger partial charge in [0, 0.05) is 6.42 Å². The number of amides is 1. The van der Waals surface area contributed by atoms with Crippen molar-refractivity contribution >= 4 is 11.8 Å². The van der Waals surface area contributed by atoms with Crippen LogP contribution in [0.4, 0.5) is 13.2 Å². The molecule has 30 heavy (non-hydrogen) atoms. The van der Waals surface area contributed by atoms with E-state index in [0.29, 0.717) is 5.56 Å². The summed E-state index contributed by atoms with van der Waals surface area (Å²) in [6.45, 7) is 5.40. The van der Waals surface area contributed by atoms with Gasteiger partial charge in [0.15, 0.2) is 0 Å². The highest BCUT2D eigenvalue weighted by Gasteiger charge is 2.40. The van der Waals surface area contributed by atoms with Gasteiger partial charge < -0.3 is 4.74 Å². The molecule has 0 saturated carbocycles. The number of ether oxygens (including phenoxy) is 1. The van der Waals surface area contributed by atoms with E-state index in [9.17, 15) is 22.8 Å². The van der Waals surface area contributed by atoms with Gasteiger partial charge in [-0.2, -0.15) is 0 Å². The number of hydroxylamine groups is 2. The molecular formula is C22H20F3NO4. The molecule has 0 aromatic heterocycles. The topological polar surface area (TPSA) is 55.8 Å². The molecule has 1 unspecified atom stereocenters. The summed E-state index contributed by atoms with van der Waals surface area (Å²) < 4.78 is 40.7. The second-order valence-corrected chi connectivity index (χ2v) is 7.83. The lowest BCUT2D eigenvalue weighted by atomic mass is 9.99. The zero-order valence-electron chi connectivity index (χ0n) is 16.6. The number of nitrogens with zero attached hydrogens (tertiary/aromatic N) is 1. The predicted octanol–water partition coefficient (Wildman–Crippen LogP) is 5.01. The molecule has 2 aromatic rings. The largest absolute Gasteiger partial charge is 0.573 e. The molecule has 0 N–H and O–H groups in total. The van der Waals surface area contributed by atoms with Crippen LogP contribution in [-0.4, -0.2) is 28.9 Å². The zero-order valence-corrected chi connectivity index (χ0v) is 16.6. The molecule has 5 nitrogen and oxygen atoms in total. The van der Waals surface area contributed by atoms with E-state index < -0.39 is 23.9 Å². The number of carbonyl (C=O) groups excluding carboxylic acids is 2. The number of hydrogen-bond acceptors (Lipinski definition) is 4. The summed E-state index contributed by atoms with van der Waals surface area (Å²) in [5.41, 5.74) is 1.63. The van der Waals surface area contributed by atoms with Gasteiger partial charge in [0.1, 0.15) is 17.3 Å². The Balaban J connectivity index is 1.82. The van der Waals surface area contributed by atoms with Crippen molar-refractivity contribution in [3.05, 3.63) is 59.7 Å². The molecule has 158 valence electrons. The number of alkyl halides is 3. The van der Waals surface area contributed by atoms with Gasteiger partial charge in [0.25, 0.3) is 5.91 Å². The predicted molar refractivity (Wildman–Crippen MR) is 103 cm³/mol. The summed E-state index contributed by atoms with van der Waals surface area (Å²) >= 11 is 0. The third kappa shape index (κ3) is 5.09. The van der Waals surface area contributed by atoms with Crippen LogP contribution < -0.4 is 4.74 Å². The maximum absolute atomic E-state index is 12.4. The van der Waals surface area contributed by atoms with Crippen LogP contribution in [0.3, 0.4) is 0 Å². The third-order valence-electron chi connectivity index (χ3n) is 4.35. The van der Waals surface area contributed by atoms with E-state index in [0.717, 1.165) is 11.1 Å². The Labute approximate surface area is 171 Å². The fraction of sp³-hybridized carbons (Fsp3) is 0.318. The molecule has 0 bridgehead atoms. The van der Waals surface area contributed by atoms with E-state index in [2.05, 4.69) is 4.74 Å². The fourth-order valence-electron chi connectivity index (χ4n) is 3.12. The molecule has 0 spiro atoms. The minimum atomic E-state index is -4.74. The molecule has 1 atom stereocenters. The van der Waals surface area contributed by atoms with Crippen LogP contribution in [-0.2, 0) is 14.4 Å². The second-order valence-electron chi connectivity index (χ2n) is 7.83. The van der Waals surface area contributed by atoms with Gasteiger partial charge >= 0.3 is 6.36 Å². The van der Waals surface area contributed by atoms with Crippen molar-refractivity contribution in [1.29, 1.82) is 0 Å². The van der Waals surface area contributed by atoms with Crippen LogP contribution in [0.5, 0.6) is 5.75 Å². The van der Waals surface area contributed by atoms with E-state index in [4.69, 9.17) is 4.84 Å². The first-order chi connectivity index (χ1) is 14.0. The summed E-state index contributed by atoms with van der Waals surface area (Å²) in [7, 11) is 0. The summed E-state index contributed by atoms with van der Waals surface area (Å²) in [4.78, 5) is 29.3. The van der Waals surface area contributed by atoms with Crippen molar-refractivity contribution in [3.8, 4) is 16.9 Å². The van der Waals surface area contributed by atoms with Crippen LogP contribution >= 0.6 is 0 Å². The number of hydrogen-bond donors (Lipinski definition) is 0. The van der Waals surface area contributed by atoms with Gasteiger partial charge in [-0.15, -0.1) is 13.2 Å². The molecule has 1 aliphatic rings. The smallest absolute Gasteiger partial charge is 0.406 e. The van der Waals surface area contributed by atoms with Gasteiger partial charge in [0.2, 0.25) is 0 Å². The Morgan fingerprint density at radius 2 is 1.50 bits per heavy atom. The van der Waals surface area contributed by atoms with Crippen molar-refractivity contribution in [2.24, 2.45) is 0 Å². The zero-order chi connectivity index (χ0) is 22.1. The average Bonchev–Trinajstić information content (AvgIpc) is 2.96. The van der Waals surface area contributed by atoms with Crippen LogP contribution in [0.25, 0.3) is 11.1 Å². The van der Waals surface area contributed by atoms with E-state index in [1.807, 2.05) is 0 Å². The third-order valence-corrected chi connectivity index (χ3v) is 4.35. The summed E-state index contributed by atoms with van der Waals surface area (Å²) in [5.74, 6) is 0.890. The molecule has 3 rings (SSSR count). The standard InChI is InChI=1S/C22H20F3NO4/c1-21(2,3)30-26-19(12-17(13-27)20(26)28)16-6-4-14(5-7-16)15-8-10-18(11-9-15)29-22(23,24)25/h4-11,19H,12H2,1-3H3. The lowest BCUT2D eigenvalue weighted by molar-refractivity contribution is -0.274. The molecule has 1 amide bonds. The second kappa shape index (κ2) is 7.97. The SMILES string of the molecule is CC(C)(C)ON1C(=O)C(=C=O)CC1c1ccc(-c2ccc(OC(F)(F)F)cc2)cc1. The molecule has 0 radical (unpaired) electrons. The minimum absolute atomic E-state index is 0.0218. The summed E-state index contributed by atoms with van der Waals surface area (Å²) in [6, 6.07) is 12.2. The van der Waals surface area contributed by atoms with E-state index >= 15 is 0 Å². The van der Waals surface area contributed by atoms with Crippen molar-refractivity contribution < 1.29 is 32.3 Å². The average molecular weight is 419 g/mol. The minimum Gasteiger partial charge on any atom is -0.406 e. The highest BCUT2D eigenvalue weighted by molar-refractivity contribution is 6.02. The molecule has 1 aliphatic heterocycles. The van der Waals surface area contributed by atoms with Gasteiger partial charge in [-0.25, -0.2) is 9.86 Å². The fourth-order valence-corrected chi connectivity index (χ4v) is 3.12. The van der Waals surface area contributed by atoms with Crippen LogP contribution in [0, 0.1) is 0 Å². The van der Waals surface area contributed by atoms with Crippen molar-refractivity contribution in [2.75, 3.05) is 0 Å². The Kier molecular flexibility index (Phi) is 5.74. The van der Waals surface area contributed by atoms with Crippen LogP contribution in [0.2, 0.25) is 0 Å². The lowest BCUT2D eigenvalue weighted by Crippen LogP contribution is -2.36. The van der Waals surface area contributed by atoms with Crippen molar-refractivity contribution in [1.82, 2.24) is 5.06 Å². The Hall–Kier alpha value is -3.09. The number of rotatable bonds is 4. The highest BCUT2D eigenvalue weighted by Crippen LogP contribution is 2.38. The van der Waals surface area contributed by atoms with Crippen molar-refractivity contribution in [3.63, 3.8) is 0 Å². The Morgan fingerprint density at radius 3 is 1.97 bits per heavy atom. The molecule has 1 heterocycles. The van der Waals surface area contributed by atoms with E-state index in [1.165, 1.54) is 29.3 Å². The normalized spacial score (nSPS) is 17.3. The first kappa shape index (κ1) is 21.6. The van der Waals surface area contributed by atoms with Gasteiger partial charge in [-0.1, -0.05) is 36.4 Å². The van der Waals surface area contributed by atoms with Crippen LogP contribution in [0.15, 0.2) is 54.1 Å². The van der Waals surface area contributed by atoms with Gasteiger partial charge in [-0.3, -0.25) is 9.63 Å². The van der Waals surface area contributed by atoms with Gasteiger partial charge in [-0.05, 0) is 49.6 Å². The quantitative estimate of drug-likeness (QED) is 0.516. The first-order valence-electron chi connectivity index (χ1n) is 9.20. The molecular weight excluding hydrogens is 399 g/mol. The maximum atomic E-state index is 12.4. The van der Waals surface area contributed by atoms with Crippen LogP contribution in [0.1, 0.15) is 38.8 Å². The molecule has 1 saturated heterocycles. The number of carbonyl (C=O) groups is 1. The Bertz CT molecular complexity index is 969. The molecule has 8 heteroatoms. The monoisotopic (exact) mass is 419 g/mol. The summed E-state index contributed by atoms with van der Waals surface area (Å²) in [6.07, 6.45) is -4.56. The van der Waals surface area contributed by atoms with E-state index in [1.54, 1.807) is 51.0 Å². The lowest BCUT2D eigenvalue weighted by Gasteiger charge is -2.30. The summed E-state index contributed by atoms with van der Waals surface area (Å²) in [5, 5.41) is 1.21. The molecule has 1 fully saturated rings. The Morgan fingerprint density at radius 1 is 0.967 bits per heavy atom. The molecule has 2 aromatic carbocycles.